The molecule has 122 valence electrons. The van der Waals surface area contributed by atoms with Crippen LogP contribution >= 0.6 is 0 Å². The number of hydrogen-bond acceptors (Lipinski definition) is 2. The van der Waals surface area contributed by atoms with E-state index >= 15 is 0 Å². The van der Waals surface area contributed by atoms with Crippen LogP contribution in [0.2, 0.25) is 0 Å². The Morgan fingerprint density at radius 1 is 1.18 bits per heavy atom. The summed E-state index contributed by atoms with van der Waals surface area (Å²) in [6.07, 6.45) is 6.07. The van der Waals surface area contributed by atoms with Gasteiger partial charge in [-0.15, -0.1) is 0 Å². The Morgan fingerprint density at radius 2 is 1.91 bits per heavy atom. The third kappa shape index (κ3) is 5.24. The van der Waals surface area contributed by atoms with E-state index in [9.17, 15) is 4.79 Å². The monoisotopic (exact) mass is 304 g/mol. The summed E-state index contributed by atoms with van der Waals surface area (Å²) < 4.78 is 5.70. The van der Waals surface area contributed by atoms with Crippen molar-refractivity contribution in [2.24, 2.45) is 0 Å². The average molecular weight is 304 g/mol. The molecular weight excluding hydrogens is 276 g/mol. The summed E-state index contributed by atoms with van der Waals surface area (Å²) in [7, 11) is 0. The molecule has 0 spiro atoms. The van der Waals surface area contributed by atoms with Crippen molar-refractivity contribution in [3.05, 3.63) is 29.8 Å². The molecule has 0 radical (unpaired) electrons. The third-order valence-electron chi connectivity index (χ3n) is 4.02. The van der Waals surface area contributed by atoms with Gasteiger partial charge in [0.05, 0.1) is 12.1 Å². The molecule has 4 nitrogen and oxygen atoms in total. The lowest BCUT2D eigenvalue weighted by Crippen LogP contribution is -2.43. The molecule has 1 saturated carbocycles. The van der Waals surface area contributed by atoms with Crippen molar-refractivity contribution in [1.29, 1.82) is 0 Å². The molecule has 2 amide bonds. The van der Waals surface area contributed by atoms with Gasteiger partial charge in [0.25, 0.3) is 0 Å². The van der Waals surface area contributed by atoms with Gasteiger partial charge in [-0.1, -0.05) is 31.4 Å². The van der Waals surface area contributed by atoms with Crippen LogP contribution < -0.4 is 15.4 Å². The molecule has 2 rings (SSSR count). The molecule has 0 aromatic heterocycles. The van der Waals surface area contributed by atoms with Crippen molar-refractivity contribution >= 4 is 6.03 Å². The smallest absolute Gasteiger partial charge is 0.315 e. The van der Waals surface area contributed by atoms with Crippen LogP contribution in [0.4, 0.5) is 4.79 Å². The standard InChI is InChI=1S/C18H28N2O2/c1-13(2)22-17-11-7-8-15(12-17)14(3)19-18(21)20-16-9-5-4-6-10-16/h7-8,11-14,16H,4-6,9-10H2,1-3H3,(H2,19,20,21). The molecule has 0 aliphatic heterocycles. The van der Waals surface area contributed by atoms with Crippen LogP contribution in [0.25, 0.3) is 0 Å². The minimum atomic E-state index is -0.0745. The fourth-order valence-electron chi connectivity index (χ4n) is 2.88. The molecule has 4 heteroatoms. The van der Waals surface area contributed by atoms with Gasteiger partial charge in [0.15, 0.2) is 0 Å². The summed E-state index contributed by atoms with van der Waals surface area (Å²) in [4.78, 5) is 12.1. The van der Waals surface area contributed by atoms with E-state index in [2.05, 4.69) is 10.6 Å². The second kappa shape index (κ2) is 8.06. The van der Waals surface area contributed by atoms with Crippen LogP contribution in [-0.2, 0) is 0 Å². The van der Waals surface area contributed by atoms with E-state index in [1.165, 1.54) is 19.3 Å². The Bertz CT molecular complexity index is 482. The van der Waals surface area contributed by atoms with E-state index < -0.39 is 0 Å². The lowest BCUT2D eigenvalue weighted by atomic mass is 9.96. The van der Waals surface area contributed by atoms with Crippen LogP contribution in [0, 0.1) is 0 Å². The minimum absolute atomic E-state index is 0.0423. The number of urea groups is 1. The van der Waals surface area contributed by atoms with E-state index in [-0.39, 0.29) is 18.2 Å². The number of nitrogens with one attached hydrogen (secondary N) is 2. The predicted octanol–water partition coefficient (Wildman–Crippen LogP) is 4.17. The van der Waals surface area contributed by atoms with E-state index in [4.69, 9.17) is 4.74 Å². The van der Waals surface area contributed by atoms with Crippen molar-refractivity contribution in [3.63, 3.8) is 0 Å². The third-order valence-corrected chi connectivity index (χ3v) is 4.02. The molecule has 1 aliphatic carbocycles. The summed E-state index contributed by atoms with van der Waals surface area (Å²) in [5.74, 6) is 0.842. The highest BCUT2D eigenvalue weighted by Crippen LogP contribution is 2.20. The van der Waals surface area contributed by atoms with Gasteiger partial charge in [-0.25, -0.2) is 4.79 Å². The van der Waals surface area contributed by atoms with E-state index in [1.54, 1.807) is 0 Å². The number of carbonyl (C=O) groups excluding carboxylic acids is 1. The number of benzene rings is 1. The first-order valence-corrected chi connectivity index (χ1v) is 8.38. The van der Waals surface area contributed by atoms with E-state index in [0.29, 0.717) is 6.04 Å². The molecule has 22 heavy (non-hydrogen) atoms. The Morgan fingerprint density at radius 3 is 2.59 bits per heavy atom. The second-order valence-electron chi connectivity index (χ2n) is 6.41. The normalized spacial score (nSPS) is 17.1. The zero-order valence-electron chi connectivity index (χ0n) is 13.9. The fourth-order valence-corrected chi connectivity index (χ4v) is 2.88. The highest BCUT2D eigenvalue weighted by atomic mass is 16.5. The minimum Gasteiger partial charge on any atom is -0.491 e. The quantitative estimate of drug-likeness (QED) is 0.858. The van der Waals surface area contributed by atoms with Crippen LogP contribution in [0.1, 0.15) is 64.5 Å². The summed E-state index contributed by atoms with van der Waals surface area (Å²) in [6, 6.07) is 8.12. The maximum atomic E-state index is 12.1. The topological polar surface area (TPSA) is 50.4 Å². The Balaban J connectivity index is 1.87. The van der Waals surface area contributed by atoms with Crippen molar-refractivity contribution in [3.8, 4) is 5.75 Å². The Hall–Kier alpha value is -1.71. The van der Waals surface area contributed by atoms with Gasteiger partial charge in [0.1, 0.15) is 5.75 Å². The molecule has 1 fully saturated rings. The number of ether oxygens (including phenoxy) is 1. The molecule has 1 atom stereocenters. The number of amides is 2. The van der Waals surface area contributed by atoms with Crippen molar-refractivity contribution < 1.29 is 9.53 Å². The first-order valence-electron chi connectivity index (χ1n) is 8.38. The largest absolute Gasteiger partial charge is 0.491 e. The first-order chi connectivity index (χ1) is 10.5. The van der Waals surface area contributed by atoms with Gasteiger partial charge in [0, 0.05) is 6.04 Å². The average Bonchev–Trinajstić information content (AvgIpc) is 2.47. The molecule has 0 bridgehead atoms. The number of carbonyl (C=O) groups is 1. The van der Waals surface area contributed by atoms with Crippen molar-refractivity contribution in [1.82, 2.24) is 10.6 Å². The zero-order chi connectivity index (χ0) is 15.9. The predicted molar refractivity (Wildman–Crippen MR) is 89.2 cm³/mol. The number of hydrogen-bond donors (Lipinski definition) is 2. The molecule has 1 aromatic carbocycles. The van der Waals surface area contributed by atoms with Crippen LogP contribution in [0.15, 0.2) is 24.3 Å². The highest BCUT2D eigenvalue weighted by Gasteiger charge is 2.17. The van der Waals surface area contributed by atoms with Crippen molar-refractivity contribution in [2.75, 3.05) is 0 Å². The summed E-state index contributed by atoms with van der Waals surface area (Å²) in [5, 5.41) is 6.10. The van der Waals surface area contributed by atoms with Gasteiger partial charge in [-0.05, 0) is 51.3 Å². The van der Waals surface area contributed by atoms with Crippen molar-refractivity contribution in [2.45, 2.75) is 71.1 Å². The molecular formula is C18H28N2O2. The van der Waals surface area contributed by atoms with Gasteiger partial charge in [-0.2, -0.15) is 0 Å². The van der Waals surface area contributed by atoms with Crippen LogP contribution in [0.3, 0.4) is 0 Å². The van der Waals surface area contributed by atoms with Gasteiger partial charge >= 0.3 is 6.03 Å². The summed E-state index contributed by atoms with van der Waals surface area (Å²) in [5.41, 5.74) is 1.05. The molecule has 2 N–H and O–H groups in total. The van der Waals surface area contributed by atoms with E-state index in [0.717, 1.165) is 24.2 Å². The molecule has 0 saturated heterocycles. The second-order valence-corrected chi connectivity index (χ2v) is 6.41. The van der Waals surface area contributed by atoms with Gasteiger partial charge < -0.3 is 15.4 Å². The zero-order valence-corrected chi connectivity index (χ0v) is 13.9. The van der Waals surface area contributed by atoms with Gasteiger partial charge in [0.2, 0.25) is 0 Å². The molecule has 0 heterocycles. The molecule has 1 aromatic rings. The lowest BCUT2D eigenvalue weighted by molar-refractivity contribution is 0.229. The van der Waals surface area contributed by atoms with Gasteiger partial charge in [-0.3, -0.25) is 0 Å². The SMILES string of the molecule is CC(C)Oc1cccc(C(C)NC(=O)NC2CCCCC2)c1. The Labute approximate surface area is 133 Å². The molecule has 1 unspecified atom stereocenters. The van der Waals surface area contributed by atoms with Crippen LogP contribution in [-0.4, -0.2) is 18.2 Å². The fraction of sp³-hybridized carbons (Fsp3) is 0.611. The Kier molecular flexibility index (Phi) is 6.10. The molecule has 1 aliphatic rings. The maximum absolute atomic E-state index is 12.1. The summed E-state index contributed by atoms with van der Waals surface area (Å²) >= 11 is 0. The highest BCUT2D eigenvalue weighted by molar-refractivity contribution is 5.74. The van der Waals surface area contributed by atoms with E-state index in [1.807, 2.05) is 45.0 Å². The lowest BCUT2D eigenvalue weighted by Gasteiger charge is -2.24. The number of rotatable bonds is 5. The first kappa shape index (κ1) is 16.7. The van der Waals surface area contributed by atoms with Crippen LogP contribution in [0.5, 0.6) is 5.75 Å². The maximum Gasteiger partial charge on any atom is 0.315 e. The summed E-state index contributed by atoms with van der Waals surface area (Å²) in [6.45, 7) is 6.01.